The molecule has 0 radical (unpaired) electrons. The summed E-state index contributed by atoms with van der Waals surface area (Å²) >= 11 is 5.63. The van der Waals surface area contributed by atoms with Crippen molar-refractivity contribution in [1.82, 2.24) is 4.98 Å². The topological polar surface area (TPSA) is 30.0 Å². The van der Waals surface area contributed by atoms with E-state index in [4.69, 9.17) is 11.6 Å². The van der Waals surface area contributed by atoms with Crippen molar-refractivity contribution in [3.05, 3.63) is 28.5 Å². The molecule has 100 valence electrons. The summed E-state index contributed by atoms with van der Waals surface area (Å²) in [5.41, 5.74) is -1.33. The van der Waals surface area contributed by atoms with Crippen LogP contribution in [0.25, 0.3) is 0 Å². The van der Waals surface area contributed by atoms with Crippen LogP contribution in [0.5, 0.6) is 0 Å². The van der Waals surface area contributed by atoms with E-state index in [2.05, 4.69) is 4.98 Å². The van der Waals surface area contributed by atoms with Gasteiger partial charge in [-0.3, -0.25) is 4.79 Å². The van der Waals surface area contributed by atoms with Crippen LogP contribution in [0.3, 0.4) is 0 Å². The summed E-state index contributed by atoms with van der Waals surface area (Å²) in [4.78, 5) is 15.1. The Morgan fingerprint density at radius 3 is 2.22 bits per heavy atom. The fraction of sp³-hybridized carbons (Fsp3) is 0.500. The number of Topliss-reactive ketones (excluding diaryl/α,β-unsaturated/α-hetero) is 1. The number of aromatic nitrogens is 1. The largest absolute Gasteiger partial charge is 0.433 e. The minimum absolute atomic E-state index is 0.0274. The lowest BCUT2D eigenvalue weighted by Gasteiger charge is -2.17. The van der Waals surface area contributed by atoms with Crippen molar-refractivity contribution in [1.29, 1.82) is 0 Å². The molecule has 0 spiro atoms. The lowest BCUT2D eigenvalue weighted by atomic mass is 9.88. The molecule has 0 fully saturated rings. The molecular formula is C12H13ClF3NO. The normalized spacial score (nSPS) is 12.6. The zero-order chi connectivity index (χ0) is 14.1. The van der Waals surface area contributed by atoms with Crippen LogP contribution in [0.4, 0.5) is 13.2 Å². The highest BCUT2D eigenvalue weighted by atomic mass is 35.5. The SMILES string of the molecule is CC(C)(C)CC(=O)c1ccc(C(F)(F)F)nc1Cl. The van der Waals surface area contributed by atoms with Gasteiger partial charge in [0.15, 0.2) is 5.78 Å². The number of ketones is 1. The Hall–Kier alpha value is -1.10. The van der Waals surface area contributed by atoms with E-state index >= 15 is 0 Å². The zero-order valence-electron chi connectivity index (χ0n) is 10.2. The predicted molar refractivity (Wildman–Crippen MR) is 62.7 cm³/mol. The van der Waals surface area contributed by atoms with Crippen LogP contribution in [0.1, 0.15) is 43.2 Å². The maximum atomic E-state index is 12.4. The molecule has 0 saturated heterocycles. The molecule has 1 rings (SSSR count). The molecule has 0 saturated carbocycles. The molecule has 0 aliphatic heterocycles. The average molecular weight is 280 g/mol. The molecule has 0 aliphatic carbocycles. The van der Waals surface area contributed by atoms with E-state index in [9.17, 15) is 18.0 Å². The van der Waals surface area contributed by atoms with Gasteiger partial charge < -0.3 is 0 Å². The molecule has 0 bridgehead atoms. The second-order valence-electron chi connectivity index (χ2n) is 5.19. The van der Waals surface area contributed by atoms with E-state index in [1.54, 1.807) is 0 Å². The standard InChI is InChI=1S/C12H13ClF3NO/c1-11(2,3)6-8(18)7-4-5-9(12(14,15)16)17-10(7)13/h4-5H,6H2,1-3H3. The maximum Gasteiger partial charge on any atom is 0.433 e. The third-order valence-electron chi connectivity index (χ3n) is 2.13. The Bertz CT molecular complexity index is 463. The van der Waals surface area contributed by atoms with Crippen LogP contribution in [-0.4, -0.2) is 10.8 Å². The van der Waals surface area contributed by atoms with Gasteiger partial charge >= 0.3 is 6.18 Å². The molecule has 0 aromatic carbocycles. The summed E-state index contributed by atoms with van der Waals surface area (Å²) in [5, 5.41) is -0.404. The van der Waals surface area contributed by atoms with E-state index in [1.807, 2.05) is 20.8 Å². The van der Waals surface area contributed by atoms with Gasteiger partial charge in [0.25, 0.3) is 0 Å². The number of nitrogens with zero attached hydrogens (tertiary/aromatic N) is 1. The summed E-state index contributed by atoms with van der Waals surface area (Å²) in [6, 6.07) is 1.84. The van der Waals surface area contributed by atoms with Crippen LogP contribution in [0.15, 0.2) is 12.1 Å². The van der Waals surface area contributed by atoms with Gasteiger partial charge in [-0.05, 0) is 17.5 Å². The molecule has 6 heteroatoms. The second kappa shape index (κ2) is 4.88. The van der Waals surface area contributed by atoms with Crippen molar-refractivity contribution < 1.29 is 18.0 Å². The van der Waals surface area contributed by atoms with E-state index in [0.29, 0.717) is 0 Å². The number of hydrogen-bond acceptors (Lipinski definition) is 2. The van der Waals surface area contributed by atoms with E-state index in [-0.39, 0.29) is 23.2 Å². The third-order valence-corrected chi connectivity index (χ3v) is 2.42. The monoisotopic (exact) mass is 279 g/mol. The van der Waals surface area contributed by atoms with Crippen molar-refractivity contribution in [3.8, 4) is 0 Å². The third kappa shape index (κ3) is 3.98. The van der Waals surface area contributed by atoms with Gasteiger partial charge in [0, 0.05) is 6.42 Å². The molecule has 2 nitrogen and oxygen atoms in total. The molecular weight excluding hydrogens is 267 g/mol. The highest BCUT2D eigenvalue weighted by Gasteiger charge is 2.33. The zero-order valence-corrected chi connectivity index (χ0v) is 11.0. The lowest BCUT2D eigenvalue weighted by Crippen LogP contribution is -2.15. The first-order chi connectivity index (χ1) is 8.00. The molecule has 0 aliphatic rings. The lowest BCUT2D eigenvalue weighted by molar-refractivity contribution is -0.141. The number of alkyl halides is 3. The Morgan fingerprint density at radius 2 is 1.83 bits per heavy atom. The van der Waals surface area contributed by atoms with Gasteiger partial charge in [-0.1, -0.05) is 32.4 Å². The fourth-order valence-electron chi connectivity index (χ4n) is 1.38. The molecule has 0 atom stereocenters. The highest BCUT2D eigenvalue weighted by Crippen LogP contribution is 2.30. The van der Waals surface area contributed by atoms with E-state index < -0.39 is 17.0 Å². The maximum absolute atomic E-state index is 12.4. The Kier molecular flexibility index (Phi) is 4.05. The van der Waals surface area contributed by atoms with Crippen molar-refractivity contribution in [2.24, 2.45) is 5.41 Å². The van der Waals surface area contributed by atoms with Crippen molar-refractivity contribution >= 4 is 17.4 Å². The quantitative estimate of drug-likeness (QED) is 0.594. The molecule has 1 heterocycles. The second-order valence-corrected chi connectivity index (χ2v) is 5.55. The van der Waals surface area contributed by atoms with Crippen molar-refractivity contribution in [2.45, 2.75) is 33.4 Å². The van der Waals surface area contributed by atoms with Crippen molar-refractivity contribution in [2.75, 3.05) is 0 Å². The van der Waals surface area contributed by atoms with Gasteiger partial charge in [0.2, 0.25) is 0 Å². The Labute approximate surface area is 108 Å². The van der Waals surface area contributed by atoms with Crippen LogP contribution in [0, 0.1) is 5.41 Å². The molecule has 1 aromatic heterocycles. The molecule has 1 aromatic rings. The number of carbonyl (C=O) groups is 1. The van der Waals surface area contributed by atoms with Crippen LogP contribution < -0.4 is 0 Å². The van der Waals surface area contributed by atoms with E-state index in [0.717, 1.165) is 12.1 Å². The highest BCUT2D eigenvalue weighted by molar-refractivity contribution is 6.32. The summed E-state index contributed by atoms with van der Waals surface area (Å²) in [7, 11) is 0. The first kappa shape index (κ1) is 15.0. The summed E-state index contributed by atoms with van der Waals surface area (Å²) in [5.74, 6) is -0.311. The first-order valence-corrected chi connectivity index (χ1v) is 5.65. The van der Waals surface area contributed by atoms with Crippen molar-refractivity contribution in [3.63, 3.8) is 0 Å². The van der Waals surface area contributed by atoms with Gasteiger partial charge in [-0.2, -0.15) is 13.2 Å². The number of carbonyl (C=O) groups excluding carboxylic acids is 1. The summed E-state index contributed by atoms with van der Waals surface area (Å²) < 4.78 is 37.1. The predicted octanol–water partition coefficient (Wildman–Crippen LogP) is 4.37. The number of hydrogen-bond donors (Lipinski definition) is 0. The van der Waals surface area contributed by atoms with Crippen LogP contribution in [0.2, 0.25) is 5.15 Å². The number of halogens is 4. The molecule has 0 unspecified atom stereocenters. The van der Waals surface area contributed by atoms with E-state index in [1.165, 1.54) is 0 Å². The minimum Gasteiger partial charge on any atom is -0.294 e. The summed E-state index contributed by atoms with van der Waals surface area (Å²) in [6.07, 6.45) is -4.37. The summed E-state index contributed by atoms with van der Waals surface area (Å²) in [6.45, 7) is 5.57. The van der Waals surface area contributed by atoms with Crippen LogP contribution in [-0.2, 0) is 6.18 Å². The number of rotatable bonds is 2. The van der Waals surface area contributed by atoms with Crippen LogP contribution >= 0.6 is 11.6 Å². The number of pyridine rings is 1. The first-order valence-electron chi connectivity index (χ1n) is 5.28. The fourth-order valence-corrected chi connectivity index (χ4v) is 1.64. The molecule has 0 amide bonds. The van der Waals surface area contributed by atoms with Gasteiger partial charge in [-0.15, -0.1) is 0 Å². The van der Waals surface area contributed by atoms with Gasteiger partial charge in [0.1, 0.15) is 10.8 Å². The van der Waals surface area contributed by atoms with Gasteiger partial charge in [0.05, 0.1) is 5.56 Å². The Morgan fingerprint density at radius 1 is 1.28 bits per heavy atom. The smallest absolute Gasteiger partial charge is 0.294 e. The molecule has 0 N–H and O–H groups in total. The Balaban J connectivity index is 3.03. The molecule has 18 heavy (non-hydrogen) atoms. The minimum atomic E-state index is -4.56. The average Bonchev–Trinajstić information content (AvgIpc) is 2.12. The van der Waals surface area contributed by atoms with Gasteiger partial charge in [-0.25, -0.2) is 4.98 Å².